The first-order chi connectivity index (χ1) is 16.0. The minimum atomic E-state index is -0.508. The molecule has 1 heterocycles. The molecule has 0 aromatic heterocycles. The van der Waals surface area contributed by atoms with E-state index in [1.54, 1.807) is 42.5 Å². The fourth-order valence-electron chi connectivity index (χ4n) is 3.05. The number of fused-ring (bicyclic) bond motifs is 1. The van der Waals surface area contributed by atoms with Crippen molar-refractivity contribution in [1.29, 1.82) is 0 Å². The molecule has 168 valence electrons. The molecule has 0 unspecified atom stereocenters. The third-order valence-corrected chi connectivity index (χ3v) is 5.02. The van der Waals surface area contributed by atoms with Crippen LogP contribution >= 0.6 is 0 Å². The molecule has 0 bridgehead atoms. The van der Waals surface area contributed by atoms with Gasteiger partial charge in [-0.25, -0.2) is 10.2 Å². The minimum Gasteiger partial charge on any atom is -0.483 e. The summed E-state index contributed by atoms with van der Waals surface area (Å²) >= 11 is 0. The zero-order valence-corrected chi connectivity index (χ0v) is 18.2. The van der Waals surface area contributed by atoms with Crippen LogP contribution in [-0.2, 0) is 4.79 Å². The van der Waals surface area contributed by atoms with Crippen molar-refractivity contribution in [2.45, 2.75) is 13.8 Å². The van der Waals surface area contributed by atoms with Gasteiger partial charge in [0, 0.05) is 0 Å². The van der Waals surface area contributed by atoms with Gasteiger partial charge in [-0.1, -0.05) is 12.1 Å². The van der Waals surface area contributed by atoms with Crippen LogP contribution in [0.5, 0.6) is 23.0 Å². The summed E-state index contributed by atoms with van der Waals surface area (Å²) in [5.41, 5.74) is 5.58. The second kappa shape index (κ2) is 9.86. The number of hydrazone groups is 1. The van der Waals surface area contributed by atoms with Gasteiger partial charge in [0.1, 0.15) is 11.5 Å². The molecule has 1 amide bonds. The van der Waals surface area contributed by atoms with Gasteiger partial charge < -0.3 is 18.9 Å². The van der Waals surface area contributed by atoms with Crippen LogP contribution in [0, 0.1) is 13.8 Å². The van der Waals surface area contributed by atoms with E-state index < -0.39 is 5.97 Å². The lowest BCUT2D eigenvalue weighted by Gasteiger charge is -2.09. The summed E-state index contributed by atoms with van der Waals surface area (Å²) in [6.45, 7) is 3.92. The molecule has 1 N–H and O–H groups in total. The molecule has 0 saturated carbocycles. The Bertz CT molecular complexity index is 1200. The van der Waals surface area contributed by atoms with Crippen LogP contribution < -0.4 is 24.4 Å². The van der Waals surface area contributed by atoms with Gasteiger partial charge in [0.15, 0.2) is 18.1 Å². The maximum Gasteiger partial charge on any atom is 0.343 e. The zero-order chi connectivity index (χ0) is 23.2. The van der Waals surface area contributed by atoms with E-state index in [0.29, 0.717) is 34.1 Å². The third kappa shape index (κ3) is 5.48. The van der Waals surface area contributed by atoms with E-state index >= 15 is 0 Å². The Balaban J connectivity index is 1.26. The van der Waals surface area contributed by atoms with Crippen molar-refractivity contribution in [1.82, 2.24) is 5.43 Å². The van der Waals surface area contributed by atoms with E-state index in [1.807, 2.05) is 32.0 Å². The Labute approximate surface area is 190 Å². The number of hydrogen-bond acceptors (Lipinski definition) is 7. The van der Waals surface area contributed by atoms with Crippen LogP contribution in [0.1, 0.15) is 27.0 Å². The minimum absolute atomic E-state index is 0.136. The molecule has 0 fully saturated rings. The van der Waals surface area contributed by atoms with Crippen LogP contribution in [-0.4, -0.2) is 31.5 Å². The highest BCUT2D eigenvalue weighted by Gasteiger charge is 2.17. The number of carbonyl (C=O) groups is 2. The highest BCUT2D eigenvalue weighted by molar-refractivity contribution is 5.92. The molecule has 0 aliphatic carbocycles. The Morgan fingerprint density at radius 1 is 1.03 bits per heavy atom. The first-order valence-corrected chi connectivity index (χ1v) is 10.2. The SMILES string of the molecule is Cc1cccc(OCC(=O)NN=Cc2ccc(OC(=O)c3ccc4c(c3)OCO4)cc2)c1C. The molecule has 4 rings (SSSR count). The molecule has 0 atom stereocenters. The molecule has 0 spiro atoms. The molecule has 0 radical (unpaired) electrons. The van der Waals surface area contributed by atoms with Gasteiger partial charge in [-0.15, -0.1) is 0 Å². The number of nitrogens with one attached hydrogen (secondary N) is 1. The van der Waals surface area contributed by atoms with E-state index in [4.69, 9.17) is 18.9 Å². The van der Waals surface area contributed by atoms with E-state index in [0.717, 1.165) is 11.1 Å². The molecule has 3 aromatic carbocycles. The van der Waals surface area contributed by atoms with Crippen molar-refractivity contribution in [3.63, 3.8) is 0 Å². The second-order valence-electron chi connectivity index (χ2n) is 7.31. The summed E-state index contributed by atoms with van der Waals surface area (Å²) < 4.78 is 21.4. The Hall–Kier alpha value is -4.33. The zero-order valence-electron chi connectivity index (χ0n) is 18.2. The Morgan fingerprint density at radius 2 is 1.82 bits per heavy atom. The van der Waals surface area contributed by atoms with Gasteiger partial charge in [-0.3, -0.25) is 4.79 Å². The van der Waals surface area contributed by atoms with Crippen molar-refractivity contribution in [3.8, 4) is 23.0 Å². The topological polar surface area (TPSA) is 95.5 Å². The lowest BCUT2D eigenvalue weighted by atomic mass is 10.1. The first-order valence-electron chi connectivity index (χ1n) is 10.2. The summed E-state index contributed by atoms with van der Waals surface area (Å²) in [5.74, 6) is 1.27. The summed E-state index contributed by atoms with van der Waals surface area (Å²) in [6.07, 6.45) is 1.49. The fourth-order valence-corrected chi connectivity index (χ4v) is 3.05. The summed E-state index contributed by atoms with van der Waals surface area (Å²) in [5, 5.41) is 3.93. The number of carbonyl (C=O) groups excluding carboxylic acids is 2. The average molecular weight is 446 g/mol. The quantitative estimate of drug-likeness (QED) is 0.257. The van der Waals surface area contributed by atoms with Gasteiger partial charge >= 0.3 is 5.97 Å². The number of hydrogen-bond donors (Lipinski definition) is 1. The molecule has 0 saturated heterocycles. The van der Waals surface area contributed by atoms with Crippen molar-refractivity contribution in [3.05, 3.63) is 82.9 Å². The molecular weight excluding hydrogens is 424 g/mol. The molecular formula is C25H22N2O6. The summed E-state index contributed by atoms with van der Waals surface area (Å²) in [6, 6.07) is 17.2. The summed E-state index contributed by atoms with van der Waals surface area (Å²) in [4.78, 5) is 24.3. The molecule has 8 heteroatoms. The highest BCUT2D eigenvalue weighted by atomic mass is 16.7. The van der Waals surface area contributed by atoms with E-state index in [1.165, 1.54) is 6.21 Å². The number of nitrogens with zero attached hydrogens (tertiary/aromatic N) is 1. The van der Waals surface area contributed by atoms with Gasteiger partial charge in [0.2, 0.25) is 6.79 Å². The van der Waals surface area contributed by atoms with Crippen molar-refractivity contribution in [2.75, 3.05) is 13.4 Å². The molecule has 3 aromatic rings. The van der Waals surface area contributed by atoms with Crippen LogP contribution in [0.4, 0.5) is 0 Å². The smallest absolute Gasteiger partial charge is 0.343 e. The highest BCUT2D eigenvalue weighted by Crippen LogP contribution is 2.32. The summed E-state index contributed by atoms with van der Waals surface area (Å²) in [7, 11) is 0. The normalized spacial score (nSPS) is 11.9. The molecule has 1 aliphatic heterocycles. The number of amides is 1. The van der Waals surface area contributed by atoms with Crippen molar-refractivity contribution >= 4 is 18.1 Å². The Morgan fingerprint density at radius 3 is 2.64 bits per heavy atom. The van der Waals surface area contributed by atoms with Crippen LogP contribution in [0.3, 0.4) is 0 Å². The van der Waals surface area contributed by atoms with Gasteiger partial charge in [-0.2, -0.15) is 5.10 Å². The maximum atomic E-state index is 12.3. The predicted octanol–water partition coefficient (Wildman–Crippen LogP) is 3.78. The number of rotatable bonds is 7. The predicted molar refractivity (Wildman–Crippen MR) is 121 cm³/mol. The monoisotopic (exact) mass is 446 g/mol. The fraction of sp³-hybridized carbons (Fsp3) is 0.160. The van der Waals surface area contributed by atoms with E-state index in [9.17, 15) is 9.59 Å². The van der Waals surface area contributed by atoms with Crippen molar-refractivity contribution in [2.24, 2.45) is 5.10 Å². The van der Waals surface area contributed by atoms with Gasteiger partial charge in [0.25, 0.3) is 5.91 Å². The van der Waals surface area contributed by atoms with Gasteiger partial charge in [0.05, 0.1) is 11.8 Å². The van der Waals surface area contributed by atoms with E-state index in [2.05, 4.69) is 10.5 Å². The van der Waals surface area contributed by atoms with Crippen LogP contribution in [0.15, 0.2) is 65.8 Å². The second-order valence-corrected chi connectivity index (χ2v) is 7.31. The van der Waals surface area contributed by atoms with Crippen LogP contribution in [0.2, 0.25) is 0 Å². The standard InChI is InChI=1S/C25H22N2O6/c1-16-4-3-5-21(17(16)2)30-14-24(28)27-26-13-18-6-9-20(10-7-18)33-25(29)19-8-11-22-23(12-19)32-15-31-22/h3-13H,14-15H2,1-2H3,(H,27,28). The molecule has 33 heavy (non-hydrogen) atoms. The number of esters is 1. The number of ether oxygens (including phenoxy) is 4. The first kappa shape index (κ1) is 21.9. The lowest BCUT2D eigenvalue weighted by Crippen LogP contribution is -2.24. The number of aryl methyl sites for hydroxylation is 1. The lowest BCUT2D eigenvalue weighted by molar-refractivity contribution is -0.123. The maximum absolute atomic E-state index is 12.3. The van der Waals surface area contributed by atoms with E-state index in [-0.39, 0.29) is 19.3 Å². The third-order valence-electron chi connectivity index (χ3n) is 5.02. The largest absolute Gasteiger partial charge is 0.483 e. The number of benzene rings is 3. The Kier molecular flexibility index (Phi) is 6.54. The molecule has 8 nitrogen and oxygen atoms in total. The van der Waals surface area contributed by atoms with Crippen molar-refractivity contribution < 1.29 is 28.5 Å². The average Bonchev–Trinajstić information content (AvgIpc) is 3.29. The molecule has 1 aliphatic rings. The van der Waals surface area contributed by atoms with Crippen LogP contribution in [0.25, 0.3) is 0 Å². The van der Waals surface area contributed by atoms with Gasteiger partial charge in [-0.05, 0) is 79.1 Å².